The van der Waals surface area contributed by atoms with Crippen LogP contribution in [-0.4, -0.2) is 39.9 Å². The summed E-state index contributed by atoms with van der Waals surface area (Å²) in [5.74, 6) is -1.47. The Balaban J connectivity index is 2.67. The van der Waals surface area contributed by atoms with Gasteiger partial charge in [0.15, 0.2) is 6.04 Å². The maximum atomic E-state index is 11.4. The number of carbonyl (C=O) groups is 2. The third kappa shape index (κ3) is 3.87. The Morgan fingerprint density at radius 3 is 2.76 bits per heavy atom. The zero-order chi connectivity index (χ0) is 12.8. The third-order valence-electron chi connectivity index (χ3n) is 2.15. The van der Waals surface area contributed by atoms with E-state index in [0.29, 0.717) is 12.1 Å². The minimum Gasteiger partial charge on any atom is -0.479 e. The van der Waals surface area contributed by atoms with Crippen LogP contribution in [0.5, 0.6) is 0 Å². The zero-order valence-electron chi connectivity index (χ0n) is 9.80. The smallest absolute Gasteiger partial charge is 0.331 e. The van der Waals surface area contributed by atoms with E-state index in [2.05, 4.69) is 15.7 Å². The van der Waals surface area contributed by atoms with Gasteiger partial charge in [-0.05, 0) is 6.54 Å². The summed E-state index contributed by atoms with van der Waals surface area (Å²) in [5, 5.41) is 18.2. The van der Waals surface area contributed by atoms with E-state index in [9.17, 15) is 9.59 Å². The minimum atomic E-state index is -1.11. The fourth-order valence-electron chi connectivity index (χ4n) is 1.33. The lowest BCUT2D eigenvalue weighted by Gasteiger charge is -2.12. The number of carbonyl (C=O) groups excluding carboxylic acids is 1. The fraction of sp³-hybridized carbons (Fsp3) is 0.500. The number of rotatable bonds is 6. The molecule has 0 aromatic carbocycles. The fourth-order valence-corrected chi connectivity index (χ4v) is 1.33. The molecule has 1 aromatic rings. The van der Waals surface area contributed by atoms with E-state index in [-0.39, 0.29) is 12.5 Å². The predicted octanol–water partition coefficient (Wildman–Crippen LogP) is -0.728. The molecule has 7 heteroatoms. The molecule has 1 atom stereocenters. The van der Waals surface area contributed by atoms with Crippen LogP contribution in [0.2, 0.25) is 0 Å². The largest absolute Gasteiger partial charge is 0.479 e. The van der Waals surface area contributed by atoms with Crippen LogP contribution in [0.1, 0.15) is 18.5 Å². The molecule has 0 aliphatic heterocycles. The van der Waals surface area contributed by atoms with Crippen molar-refractivity contribution in [2.45, 2.75) is 13.0 Å². The normalized spacial score (nSPS) is 12.1. The average Bonchev–Trinajstić information content (AvgIpc) is 2.69. The number of aryl methyl sites for hydroxylation is 1. The number of carboxylic acid groups (broad SMARTS) is 1. The lowest BCUT2D eigenvalue weighted by molar-refractivity contribution is -0.141. The number of likely N-dealkylation sites (N-methyl/N-ethyl adjacent to an activating group) is 1. The summed E-state index contributed by atoms with van der Waals surface area (Å²) in [6.07, 6.45) is 2.98. The van der Waals surface area contributed by atoms with Gasteiger partial charge in [-0.25, -0.2) is 4.79 Å². The van der Waals surface area contributed by atoms with E-state index in [1.54, 1.807) is 13.2 Å². The predicted molar refractivity (Wildman–Crippen MR) is 60.3 cm³/mol. The summed E-state index contributed by atoms with van der Waals surface area (Å²) in [7, 11) is 1.68. The van der Waals surface area contributed by atoms with Gasteiger partial charge in [0.1, 0.15) is 0 Å². The maximum Gasteiger partial charge on any atom is 0.331 e. The number of nitrogens with zero attached hydrogens (tertiary/aromatic N) is 2. The van der Waals surface area contributed by atoms with E-state index in [0.717, 1.165) is 0 Å². The first-order chi connectivity index (χ1) is 8.04. The Morgan fingerprint density at radius 2 is 2.29 bits per heavy atom. The molecule has 1 aromatic heterocycles. The quantitative estimate of drug-likeness (QED) is 0.609. The standard InChI is InChI=1S/C10H16N4O3/c1-3-11-5-8(15)13-9(10(16)17)7-4-12-14(2)6-7/h4,6,9,11H,3,5H2,1-2H3,(H,13,15)(H,16,17). The van der Waals surface area contributed by atoms with Crippen molar-refractivity contribution < 1.29 is 14.7 Å². The highest BCUT2D eigenvalue weighted by Gasteiger charge is 2.22. The Bertz CT molecular complexity index is 402. The maximum absolute atomic E-state index is 11.4. The summed E-state index contributed by atoms with van der Waals surface area (Å²) in [4.78, 5) is 22.5. The highest BCUT2D eigenvalue weighted by atomic mass is 16.4. The van der Waals surface area contributed by atoms with Gasteiger partial charge < -0.3 is 15.7 Å². The van der Waals surface area contributed by atoms with Gasteiger partial charge in [0.25, 0.3) is 0 Å². The van der Waals surface area contributed by atoms with Gasteiger partial charge in [0, 0.05) is 18.8 Å². The van der Waals surface area contributed by atoms with Gasteiger partial charge >= 0.3 is 5.97 Å². The van der Waals surface area contributed by atoms with Crippen molar-refractivity contribution in [3.63, 3.8) is 0 Å². The lowest BCUT2D eigenvalue weighted by atomic mass is 10.1. The number of carboxylic acids is 1. The van der Waals surface area contributed by atoms with E-state index in [1.807, 2.05) is 6.92 Å². The second kappa shape index (κ2) is 6.00. The van der Waals surface area contributed by atoms with E-state index in [4.69, 9.17) is 5.11 Å². The van der Waals surface area contributed by atoms with Crippen LogP contribution in [0, 0.1) is 0 Å². The molecular weight excluding hydrogens is 224 g/mol. The molecule has 17 heavy (non-hydrogen) atoms. The van der Waals surface area contributed by atoms with Gasteiger partial charge in [0.2, 0.25) is 5.91 Å². The van der Waals surface area contributed by atoms with Crippen molar-refractivity contribution in [3.8, 4) is 0 Å². The van der Waals surface area contributed by atoms with Gasteiger partial charge in [-0.1, -0.05) is 6.92 Å². The molecule has 0 saturated heterocycles. The number of hydrogen-bond donors (Lipinski definition) is 3. The van der Waals surface area contributed by atoms with Crippen molar-refractivity contribution in [1.82, 2.24) is 20.4 Å². The summed E-state index contributed by atoms with van der Waals surface area (Å²) in [6.45, 7) is 2.61. The lowest BCUT2D eigenvalue weighted by Crippen LogP contribution is -2.39. The molecule has 0 aliphatic rings. The Labute approximate surface area is 98.8 Å². The van der Waals surface area contributed by atoms with Gasteiger partial charge in [-0.15, -0.1) is 0 Å². The molecule has 94 valence electrons. The third-order valence-corrected chi connectivity index (χ3v) is 2.15. The number of aromatic nitrogens is 2. The van der Waals surface area contributed by atoms with Crippen LogP contribution in [0.25, 0.3) is 0 Å². The summed E-state index contributed by atoms with van der Waals surface area (Å²) >= 11 is 0. The molecule has 0 radical (unpaired) electrons. The Kier molecular flexibility index (Phi) is 4.65. The van der Waals surface area contributed by atoms with Crippen molar-refractivity contribution in [3.05, 3.63) is 18.0 Å². The van der Waals surface area contributed by atoms with E-state index in [1.165, 1.54) is 10.9 Å². The van der Waals surface area contributed by atoms with Crippen LogP contribution >= 0.6 is 0 Å². The monoisotopic (exact) mass is 240 g/mol. The van der Waals surface area contributed by atoms with Crippen LogP contribution in [0.3, 0.4) is 0 Å². The highest BCUT2D eigenvalue weighted by Crippen LogP contribution is 2.11. The molecule has 0 fully saturated rings. The zero-order valence-corrected chi connectivity index (χ0v) is 9.80. The molecular formula is C10H16N4O3. The van der Waals surface area contributed by atoms with Crippen LogP contribution in [-0.2, 0) is 16.6 Å². The first kappa shape index (κ1) is 13.2. The Morgan fingerprint density at radius 1 is 1.59 bits per heavy atom. The number of amides is 1. The molecule has 1 rings (SSSR count). The molecule has 3 N–H and O–H groups in total. The van der Waals surface area contributed by atoms with Crippen molar-refractivity contribution in [2.24, 2.45) is 7.05 Å². The summed E-state index contributed by atoms with van der Waals surface area (Å²) in [6, 6.07) is -1.06. The van der Waals surface area contributed by atoms with Gasteiger partial charge in [-0.3, -0.25) is 9.48 Å². The minimum absolute atomic E-state index is 0.0978. The first-order valence-corrected chi connectivity index (χ1v) is 5.26. The van der Waals surface area contributed by atoms with Crippen molar-refractivity contribution in [1.29, 1.82) is 0 Å². The topological polar surface area (TPSA) is 96.2 Å². The molecule has 0 saturated carbocycles. The molecule has 1 amide bonds. The van der Waals surface area contributed by atoms with Crippen LogP contribution in [0.4, 0.5) is 0 Å². The van der Waals surface area contributed by atoms with Crippen LogP contribution in [0.15, 0.2) is 12.4 Å². The van der Waals surface area contributed by atoms with Crippen molar-refractivity contribution >= 4 is 11.9 Å². The number of aliphatic carboxylic acids is 1. The number of nitrogens with one attached hydrogen (secondary N) is 2. The van der Waals surface area contributed by atoms with Gasteiger partial charge in [-0.2, -0.15) is 5.10 Å². The second-order valence-corrected chi connectivity index (χ2v) is 3.57. The first-order valence-electron chi connectivity index (χ1n) is 5.26. The molecule has 0 aliphatic carbocycles. The van der Waals surface area contributed by atoms with E-state index < -0.39 is 12.0 Å². The molecule has 7 nitrogen and oxygen atoms in total. The highest BCUT2D eigenvalue weighted by molar-refractivity contribution is 5.85. The SMILES string of the molecule is CCNCC(=O)NC(C(=O)O)c1cnn(C)c1. The second-order valence-electron chi connectivity index (χ2n) is 3.57. The molecule has 1 unspecified atom stereocenters. The van der Waals surface area contributed by atoms with Gasteiger partial charge in [0.05, 0.1) is 12.7 Å². The Hall–Kier alpha value is -1.89. The summed E-state index contributed by atoms with van der Waals surface area (Å²) in [5.41, 5.74) is 0.449. The molecule has 0 bridgehead atoms. The van der Waals surface area contributed by atoms with Crippen LogP contribution < -0.4 is 10.6 Å². The summed E-state index contributed by atoms with van der Waals surface area (Å²) < 4.78 is 1.49. The van der Waals surface area contributed by atoms with Crippen molar-refractivity contribution in [2.75, 3.05) is 13.1 Å². The molecule has 1 heterocycles. The number of hydrogen-bond acceptors (Lipinski definition) is 4. The average molecular weight is 240 g/mol. The molecule has 0 spiro atoms. The van der Waals surface area contributed by atoms with E-state index >= 15 is 0 Å².